The Balaban J connectivity index is 2.89. The maximum atomic E-state index is 12.0. The van der Waals surface area contributed by atoms with Gasteiger partial charge in [0.15, 0.2) is 0 Å². The number of phenolic OH excluding ortho intramolecular Hbond substituents is 1. The number of phenols is 1. The number of nitrogens with one attached hydrogen (secondary N) is 1. The van der Waals surface area contributed by atoms with Gasteiger partial charge in [-0.3, -0.25) is 4.79 Å². The molecule has 0 bridgehead atoms. The Labute approximate surface area is 113 Å². The number of hydrogen-bond acceptors (Lipinski definition) is 4. The van der Waals surface area contributed by atoms with Crippen molar-refractivity contribution in [3.63, 3.8) is 0 Å². The van der Waals surface area contributed by atoms with E-state index in [2.05, 4.69) is 4.72 Å². The van der Waals surface area contributed by atoms with E-state index in [1.54, 1.807) is 14.0 Å². The van der Waals surface area contributed by atoms with Crippen molar-refractivity contribution in [1.29, 1.82) is 0 Å². The highest BCUT2D eigenvalue weighted by Gasteiger charge is 2.23. The van der Waals surface area contributed by atoms with Crippen LogP contribution >= 0.6 is 0 Å². The van der Waals surface area contributed by atoms with Gasteiger partial charge in [0.05, 0.1) is 10.9 Å². The summed E-state index contributed by atoms with van der Waals surface area (Å²) in [5.74, 6) is -0.459. The quantitative estimate of drug-likeness (QED) is 0.827. The maximum absolute atomic E-state index is 12.0. The van der Waals surface area contributed by atoms with Gasteiger partial charge in [0.2, 0.25) is 15.9 Å². The molecule has 0 aromatic heterocycles. The lowest BCUT2D eigenvalue weighted by Gasteiger charge is -2.20. The minimum atomic E-state index is -3.83. The Hall–Kier alpha value is -1.60. The van der Waals surface area contributed by atoms with Crippen LogP contribution in [0.4, 0.5) is 0 Å². The predicted molar refractivity (Wildman–Crippen MR) is 71.2 cm³/mol. The predicted octanol–water partition coefficient (Wildman–Crippen LogP) is 0.537. The number of sulfonamides is 1. The molecule has 0 spiro atoms. The van der Waals surface area contributed by atoms with Gasteiger partial charge < -0.3 is 10.0 Å². The molecule has 1 amide bonds. The first-order valence-corrected chi connectivity index (χ1v) is 7.32. The average molecular weight is 286 g/mol. The first-order chi connectivity index (χ1) is 8.77. The molecule has 0 saturated heterocycles. The van der Waals surface area contributed by atoms with Crippen LogP contribution in [-0.4, -0.2) is 44.0 Å². The average Bonchev–Trinajstić information content (AvgIpc) is 2.36. The largest absolute Gasteiger partial charge is 0.508 e. The Morgan fingerprint density at radius 2 is 2.11 bits per heavy atom. The van der Waals surface area contributed by atoms with E-state index in [1.807, 2.05) is 0 Å². The summed E-state index contributed by atoms with van der Waals surface area (Å²) in [6.45, 7) is 3.78. The smallest absolute Gasteiger partial charge is 0.241 e. The fraction of sp³-hybridized carbons (Fsp3) is 0.417. The number of amides is 1. The van der Waals surface area contributed by atoms with Gasteiger partial charge in [0, 0.05) is 13.6 Å². The third-order valence-electron chi connectivity index (χ3n) is 2.68. The molecule has 0 aliphatic heterocycles. The van der Waals surface area contributed by atoms with Crippen LogP contribution in [-0.2, 0) is 14.8 Å². The third-order valence-corrected chi connectivity index (χ3v) is 4.22. The molecular weight excluding hydrogens is 268 g/mol. The summed E-state index contributed by atoms with van der Waals surface area (Å²) < 4.78 is 26.3. The van der Waals surface area contributed by atoms with Crippen LogP contribution in [0.5, 0.6) is 5.75 Å². The summed E-state index contributed by atoms with van der Waals surface area (Å²) in [5.41, 5.74) is 0. The number of rotatable bonds is 5. The topological polar surface area (TPSA) is 86.7 Å². The summed E-state index contributed by atoms with van der Waals surface area (Å²) in [5, 5.41) is 9.28. The molecule has 7 heteroatoms. The second kappa shape index (κ2) is 6.03. The van der Waals surface area contributed by atoms with Gasteiger partial charge in [-0.25, -0.2) is 8.42 Å². The minimum absolute atomic E-state index is 0.0775. The van der Waals surface area contributed by atoms with E-state index in [0.29, 0.717) is 6.54 Å². The normalized spacial score (nSPS) is 13.0. The molecule has 0 saturated carbocycles. The van der Waals surface area contributed by atoms with E-state index in [9.17, 15) is 18.3 Å². The zero-order valence-corrected chi connectivity index (χ0v) is 11.9. The van der Waals surface area contributed by atoms with Crippen molar-refractivity contribution in [2.45, 2.75) is 24.8 Å². The van der Waals surface area contributed by atoms with Gasteiger partial charge in [0.25, 0.3) is 0 Å². The van der Waals surface area contributed by atoms with Gasteiger partial charge in [-0.2, -0.15) is 4.72 Å². The van der Waals surface area contributed by atoms with Gasteiger partial charge in [0.1, 0.15) is 5.75 Å². The van der Waals surface area contributed by atoms with E-state index in [4.69, 9.17) is 0 Å². The Bertz CT molecular complexity index is 557. The monoisotopic (exact) mass is 286 g/mol. The molecule has 0 aliphatic rings. The molecule has 2 N–H and O–H groups in total. The summed E-state index contributed by atoms with van der Waals surface area (Å²) in [4.78, 5) is 13.1. The van der Waals surface area contributed by atoms with Crippen molar-refractivity contribution in [3.05, 3.63) is 24.3 Å². The van der Waals surface area contributed by atoms with E-state index in [1.165, 1.54) is 30.0 Å². The lowest BCUT2D eigenvalue weighted by Crippen LogP contribution is -2.45. The molecule has 1 aromatic carbocycles. The maximum Gasteiger partial charge on any atom is 0.241 e. The van der Waals surface area contributed by atoms with Crippen LogP contribution in [0.15, 0.2) is 29.2 Å². The van der Waals surface area contributed by atoms with Crippen molar-refractivity contribution in [2.75, 3.05) is 13.6 Å². The highest BCUT2D eigenvalue weighted by Crippen LogP contribution is 2.16. The second-order valence-electron chi connectivity index (χ2n) is 4.19. The van der Waals surface area contributed by atoms with Crippen molar-refractivity contribution in [2.24, 2.45) is 0 Å². The lowest BCUT2D eigenvalue weighted by atomic mass is 10.3. The van der Waals surface area contributed by atoms with Crippen molar-refractivity contribution in [3.8, 4) is 5.75 Å². The number of benzene rings is 1. The van der Waals surface area contributed by atoms with Crippen LogP contribution < -0.4 is 4.72 Å². The number of carbonyl (C=O) groups is 1. The van der Waals surface area contributed by atoms with Crippen LogP contribution in [0, 0.1) is 0 Å². The van der Waals surface area contributed by atoms with Crippen LogP contribution in [0.2, 0.25) is 0 Å². The number of likely N-dealkylation sites (N-methyl/N-ethyl adjacent to an activating group) is 1. The van der Waals surface area contributed by atoms with Crippen molar-refractivity contribution >= 4 is 15.9 Å². The molecule has 1 rings (SSSR count). The first-order valence-electron chi connectivity index (χ1n) is 5.84. The SMILES string of the molecule is CCN(C)C(=O)C(C)NS(=O)(=O)c1cccc(O)c1. The molecule has 0 heterocycles. The van der Waals surface area contributed by atoms with Crippen LogP contribution in [0.1, 0.15) is 13.8 Å². The summed E-state index contributed by atoms with van der Waals surface area (Å²) >= 11 is 0. The van der Waals surface area contributed by atoms with Gasteiger partial charge in [-0.1, -0.05) is 6.07 Å². The molecule has 19 heavy (non-hydrogen) atoms. The highest BCUT2D eigenvalue weighted by molar-refractivity contribution is 7.89. The molecule has 0 radical (unpaired) electrons. The van der Waals surface area contributed by atoms with Gasteiger partial charge in [-0.05, 0) is 32.0 Å². The molecule has 0 fully saturated rings. The molecule has 1 atom stereocenters. The van der Waals surface area contributed by atoms with Crippen molar-refractivity contribution < 1.29 is 18.3 Å². The molecule has 1 unspecified atom stereocenters. The second-order valence-corrected chi connectivity index (χ2v) is 5.91. The zero-order chi connectivity index (χ0) is 14.6. The number of aromatic hydroxyl groups is 1. The zero-order valence-electron chi connectivity index (χ0n) is 11.1. The van der Waals surface area contributed by atoms with E-state index >= 15 is 0 Å². The molecule has 1 aromatic rings. The third kappa shape index (κ3) is 3.93. The summed E-state index contributed by atoms with van der Waals surface area (Å²) in [7, 11) is -2.23. The van der Waals surface area contributed by atoms with Gasteiger partial charge in [-0.15, -0.1) is 0 Å². The van der Waals surface area contributed by atoms with Crippen LogP contribution in [0.3, 0.4) is 0 Å². The van der Waals surface area contributed by atoms with Gasteiger partial charge >= 0.3 is 0 Å². The standard InChI is InChI=1S/C12H18N2O4S/c1-4-14(3)12(16)9(2)13-19(17,18)11-7-5-6-10(15)8-11/h5-9,13,15H,4H2,1-3H3. The Morgan fingerprint density at radius 3 is 2.63 bits per heavy atom. The van der Waals surface area contributed by atoms with E-state index in [0.717, 1.165) is 6.07 Å². The fourth-order valence-corrected chi connectivity index (χ4v) is 2.72. The van der Waals surface area contributed by atoms with E-state index < -0.39 is 16.1 Å². The highest BCUT2D eigenvalue weighted by atomic mass is 32.2. The number of hydrogen-bond donors (Lipinski definition) is 2. The molecular formula is C12H18N2O4S. The summed E-state index contributed by atoms with van der Waals surface area (Å²) in [6, 6.07) is 4.41. The number of nitrogens with zero attached hydrogens (tertiary/aromatic N) is 1. The molecule has 0 aliphatic carbocycles. The fourth-order valence-electron chi connectivity index (χ4n) is 1.49. The Morgan fingerprint density at radius 1 is 1.47 bits per heavy atom. The number of carbonyl (C=O) groups excluding carboxylic acids is 1. The molecule has 106 valence electrons. The van der Waals surface area contributed by atoms with Crippen LogP contribution in [0.25, 0.3) is 0 Å². The minimum Gasteiger partial charge on any atom is -0.508 e. The lowest BCUT2D eigenvalue weighted by molar-refractivity contribution is -0.131. The van der Waals surface area contributed by atoms with E-state index in [-0.39, 0.29) is 16.6 Å². The molecule has 6 nitrogen and oxygen atoms in total. The Kier molecular flexibility index (Phi) is 4.90. The summed E-state index contributed by atoms with van der Waals surface area (Å²) in [6.07, 6.45) is 0. The first kappa shape index (κ1) is 15.5. The van der Waals surface area contributed by atoms with Crippen molar-refractivity contribution in [1.82, 2.24) is 9.62 Å².